The molecule has 19 heavy (non-hydrogen) atoms. The molecule has 0 radical (unpaired) electrons. The van der Waals surface area contributed by atoms with Gasteiger partial charge in [0, 0.05) is 29.8 Å². The van der Waals surface area contributed by atoms with Crippen molar-refractivity contribution in [1.82, 2.24) is 5.32 Å². The van der Waals surface area contributed by atoms with Crippen LogP contribution in [0.2, 0.25) is 0 Å². The number of aryl methyl sites for hydroxylation is 1. The average Bonchev–Trinajstić information content (AvgIpc) is 2.40. The zero-order valence-corrected chi connectivity index (χ0v) is 13.3. The van der Waals surface area contributed by atoms with E-state index < -0.39 is 0 Å². The Balaban J connectivity index is 2.08. The SMILES string of the molecule is O=C(CCc1cccc(Br)c1)NCCSCCCO. The van der Waals surface area contributed by atoms with E-state index >= 15 is 0 Å². The Morgan fingerprint density at radius 2 is 2.21 bits per heavy atom. The van der Waals surface area contributed by atoms with Gasteiger partial charge in [-0.2, -0.15) is 11.8 Å². The van der Waals surface area contributed by atoms with Crippen LogP contribution in [0.15, 0.2) is 28.7 Å². The molecule has 0 saturated heterocycles. The predicted molar refractivity (Wildman–Crippen MR) is 84.5 cm³/mol. The Bertz CT molecular complexity index is 387. The van der Waals surface area contributed by atoms with E-state index in [4.69, 9.17) is 5.11 Å². The van der Waals surface area contributed by atoms with Gasteiger partial charge in [0.1, 0.15) is 0 Å². The van der Waals surface area contributed by atoms with E-state index in [0.29, 0.717) is 13.0 Å². The van der Waals surface area contributed by atoms with Crippen molar-refractivity contribution in [2.24, 2.45) is 0 Å². The van der Waals surface area contributed by atoms with Gasteiger partial charge in [-0.3, -0.25) is 4.79 Å². The minimum absolute atomic E-state index is 0.0998. The molecule has 0 aliphatic carbocycles. The number of hydrogen-bond acceptors (Lipinski definition) is 3. The molecule has 0 aliphatic rings. The number of carbonyl (C=O) groups excluding carboxylic acids is 1. The first kappa shape index (κ1) is 16.5. The largest absolute Gasteiger partial charge is 0.396 e. The third-order valence-electron chi connectivity index (χ3n) is 2.55. The van der Waals surface area contributed by atoms with Crippen LogP contribution in [0, 0.1) is 0 Å². The Kier molecular flexibility index (Phi) is 8.95. The molecule has 1 aromatic carbocycles. The first-order chi connectivity index (χ1) is 9.22. The number of carbonyl (C=O) groups is 1. The number of aliphatic hydroxyl groups is 1. The van der Waals surface area contributed by atoms with Crippen molar-refractivity contribution in [2.45, 2.75) is 19.3 Å². The van der Waals surface area contributed by atoms with Crippen molar-refractivity contribution in [2.75, 3.05) is 24.7 Å². The van der Waals surface area contributed by atoms with Crippen LogP contribution in [-0.4, -0.2) is 35.7 Å². The summed E-state index contributed by atoms with van der Waals surface area (Å²) in [4.78, 5) is 11.6. The van der Waals surface area contributed by atoms with E-state index in [-0.39, 0.29) is 12.5 Å². The highest BCUT2D eigenvalue weighted by Crippen LogP contribution is 2.12. The molecule has 0 saturated carbocycles. The van der Waals surface area contributed by atoms with Crippen LogP contribution >= 0.6 is 27.7 Å². The summed E-state index contributed by atoms with van der Waals surface area (Å²) in [5, 5.41) is 11.5. The lowest BCUT2D eigenvalue weighted by molar-refractivity contribution is -0.120. The van der Waals surface area contributed by atoms with E-state index in [1.54, 1.807) is 11.8 Å². The Labute approximate surface area is 127 Å². The van der Waals surface area contributed by atoms with Crippen LogP contribution < -0.4 is 5.32 Å². The van der Waals surface area contributed by atoms with Crippen LogP contribution in [0.3, 0.4) is 0 Å². The molecule has 5 heteroatoms. The van der Waals surface area contributed by atoms with Crippen molar-refractivity contribution in [1.29, 1.82) is 0 Å². The van der Waals surface area contributed by atoms with Crippen molar-refractivity contribution in [3.63, 3.8) is 0 Å². The molecule has 2 N–H and O–H groups in total. The van der Waals surface area contributed by atoms with Gasteiger partial charge >= 0.3 is 0 Å². The minimum atomic E-state index is 0.0998. The van der Waals surface area contributed by atoms with E-state index in [0.717, 1.165) is 28.8 Å². The number of hydrogen-bond donors (Lipinski definition) is 2. The molecule has 1 rings (SSSR count). The van der Waals surface area contributed by atoms with Crippen molar-refractivity contribution in [3.8, 4) is 0 Å². The summed E-state index contributed by atoms with van der Waals surface area (Å²) in [6.45, 7) is 0.944. The Hall–Kier alpha value is -0.520. The standard InChI is InChI=1S/C14H20BrNO2S/c15-13-4-1-3-12(11-13)5-6-14(18)16-7-10-19-9-2-8-17/h1,3-4,11,17H,2,5-10H2,(H,16,18). The average molecular weight is 346 g/mol. The molecule has 0 fully saturated rings. The van der Waals surface area contributed by atoms with Gasteiger partial charge in [0.25, 0.3) is 0 Å². The smallest absolute Gasteiger partial charge is 0.220 e. The molecule has 0 spiro atoms. The normalized spacial score (nSPS) is 10.4. The summed E-state index contributed by atoms with van der Waals surface area (Å²) >= 11 is 5.18. The molecule has 0 aromatic heterocycles. The van der Waals surface area contributed by atoms with Crippen LogP contribution in [0.5, 0.6) is 0 Å². The molecule has 1 amide bonds. The first-order valence-corrected chi connectivity index (χ1v) is 8.37. The molecule has 106 valence electrons. The van der Waals surface area contributed by atoms with Crippen LogP contribution in [0.25, 0.3) is 0 Å². The predicted octanol–water partition coefficient (Wildman–Crippen LogP) is 2.61. The summed E-state index contributed by atoms with van der Waals surface area (Å²) in [5.74, 6) is 1.95. The molecular weight excluding hydrogens is 326 g/mol. The van der Waals surface area contributed by atoms with Crippen LogP contribution in [-0.2, 0) is 11.2 Å². The lowest BCUT2D eigenvalue weighted by atomic mass is 10.1. The molecule has 0 atom stereocenters. The van der Waals surface area contributed by atoms with E-state index in [9.17, 15) is 4.79 Å². The number of halogens is 1. The highest BCUT2D eigenvalue weighted by Gasteiger charge is 2.02. The number of benzene rings is 1. The second-order valence-electron chi connectivity index (χ2n) is 4.17. The zero-order chi connectivity index (χ0) is 13.9. The van der Waals surface area contributed by atoms with Gasteiger partial charge < -0.3 is 10.4 Å². The van der Waals surface area contributed by atoms with E-state index in [1.807, 2.05) is 24.3 Å². The fourth-order valence-electron chi connectivity index (χ4n) is 1.57. The molecule has 0 unspecified atom stereocenters. The molecule has 0 bridgehead atoms. The van der Waals surface area contributed by atoms with Gasteiger partial charge in [0.2, 0.25) is 5.91 Å². The Morgan fingerprint density at radius 1 is 1.37 bits per heavy atom. The number of amides is 1. The number of aliphatic hydroxyl groups excluding tert-OH is 1. The fraction of sp³-hybridized carbons (Fsp3) is 0.500. The van der Waals surface area contributed by atoms with E-state index in [2.05, 4.69) is 21.2 Å². The van der Waals surface area contributed by atoms with Gasteiger partial charge in [0.05, 0.1) is 0 Å². The molecule has 0 aliphatic heterocycles. The maximum atomic E-state index is 11.6. The first-order valence-electron chi connectivity index (χ1n) is 6.42. The zero-order valence-electron chi connectivity index (χ0n) is 10.9. The Morgan fingerprint density at radius 3 is 2.95 bits per heavy atom. The van der Waals surface area contributed by atoms with Crippen molar-refractivity contribution < 1.29 is 9.90 Å². The third-order valence-corrected chi connectivity index (χ3v) is 4.11. The van der Waals surface area contributed by atoms with Crippen LogP contribution in [0.4, 0.5) is 0 Å². The minimum Gasteiger partial charge on any atom is -0.396 e. The summed E-state index contributed by atoms with van der Waals surface area (Å²) < 4.78 is 1.05. The van der Waals surface area contributed by atoms with Crippen molar-refractivity contribution in [3.05, 3.63) is 34.3 Å². The van der Waals surface area contributed by atoms with Gasteiger partial charge in [-0.1, -0.05) is 28.1 Å². The highest BCUT2D eigenvalue weighted by molar-refractivity contribution is 9.10. The topological polar surface area (TPSA) is 49.3 Å². The number of thioether (sulfide) groups is 1. The summed E-state index contributed by atoms with van der Waals surface area (Å²) in [6, 6.07) is 8.03. The second kappa shape index (κ2) is 10.3. The monoisotopic (exact) mass is 345 g/mol. The number of rotatable bonds is 9. The third kappa shape index (κ3) is 8.29. The van der Waals surface area contributed by atoms with Crippen molar-refractivity contribution >= 4 is 33.6 Å². The van der Waals surface area contributed by atoms with Crippen LogP contribution in [0.1, 0.15) is 18.4 Å². The van der Waals surface area contributed by atoms with Gasteiger partial charge in [-0.25, -0.2) is 0 Å². The highest BCUT2D eigenvalue weighted by atomic mass is 79.9. The summed E-state index contributed by atoms with van der Waals surface area (Å²) in [6.07, 6.45) is 2.11. The quantitative estimate of drug-likeness (QED) is 0.676. The van der Waals surface area contributed by atoms with E-state index in [1.165, 1.54) is 5.56 Å². The fourth-order valence-corrected chi connectivity index (χ4v) is 2.80. The lowest BCUT2D eigenvalue weighted by Crippen LogP contribution is -2.26. The lowest BCUT2D eigenvalue weighted by Gasteiger charge is -2.05. The maximum Gasteiger partial charge on any atom is 0.220 e. The van der Waals surface area contributed by atoms with Gasteiger partial charge in [-0.15, -0.1) is 0 Å². The maximum absolute atomic E-state index is 11.6. The van der Waals surface area contributed by atoms with Gasteiger partial charge in [-0.05, 0) is 36.3 Å². The summed E-state index contributed by atoms with van der Waals surface area (Å²) in [5.41, 5.74) is 1.17. The second-order valence-corrected chi connectivity index (χ2v) is 6.31. The molecule has 1 aromatic rings. The molecule has 3 nitrogen and oxygen atoms in total. The van der Waals surface area contributed by atoms with Gasteiger partial charge in [0.15, 0.2) is 0 Å². The molecular formula is C14H20BrNO2S. The number of nitrogens with one attached hydrogen (secondary N) is 1. The molecule has 0 heterocycles. The summed E-state index contributed by atoms with van der Waals surface area (Å²) in [7, 11) is 0.